The topological polar surface area (TPSA) is 73.3 Å². The summed E-state index contributed by atoms with van der Waals surface area (Å²) < 4.78 is 6.65. The number of carbonyl (C=O) groups is 2. The zero-order valence-electron chi connectivity index (χ0n) is 23.8. The van der Waals surface area contributed by atoms with E-state index in [1.54, 1.807) is 11.0 Å². The summed E-state index contributed by atoms with van der Waals surface area (Å²) in [4.78, 5) is 32.5. The minimum absolute atomic E-state index is 0.0682. The lowest BCUT2D eigenvalue weighted by molar-refractivity contribution is -0.135. The molecular formula is C33H42BrN3O4. The van der Waals surface area contributed by atoms with Gasteiger partial charge in [-0.25, -0.2) is 4.79 Å². The minimum atomic E-state index is -1.07. The highest BCUT2D eigenvalue weighted by Gasteiger charge is 2.49. The van der Waals surface area contributed by atoms with Crippen LogP contribution >= 0.6 is 15.9 Å². The van der Waals surface area contributed by atoms with Crippen LogP contribution in [0.4, 0.5) is 4.79 Å². The zero-order valence-corrected chi connectivity index (χ0v) is 25.4. The van der Waals surface area contributed by atoms with Crippen molar-refractivity contribution in [2.45, 2.75) is 56.8 Å². The Labute approximate surface area is 252 Å². The molecule has 0 spiro atoms. The predicted octanol–water partition coefficient (Wildman–Crippen LogP) is 5.57. The Balaban J connectivity index is 1.20. The molecular weight excluding hydrogens is 582 g/mol. The first-order valence-electron chi connectivity index (χ1n) is 14.9. The van der Waals surface area contributed by atoms with Crippen molar-refractivity contribution in [3.05, 3.63) is 82.9 Å². The number of ether oxygens (including phenoxy) is 1. The quantitative estimate of drug-likeness (QED) is 0.370. The number of aliphatic hydroxyl groups is 1. The van der Waals surface area contributed by atoms with Crippen LogP contribution in [-0.4, -0.2) is 77.1 Å². The summed E-state index contributed by atoms with van der Waals surface area (Å²) >= 11 is 3.43. The van der Waals surface area contributed by atoms with Crippen LogP contribution in [0.25, 0.3) is 0 Å². The van der Waals surface area contributed by atoms with Crippen LogP contribution in [0.5, 0.6) is 0 Å². The third-order valence-corrected chi connectivity index (χ3v) is 9.68. The molecule has 2 heterocycles. The Kier molecular flexibility index (Phi) is 9.83. The molecule has 2 aromatic rings. The number of β-amino-alcohol motifs (C(OH)–C–C–N with tert-alkyl or cyclic N) is 1. The van der Waals surface area contributed by atoms with Gasteiger partial charge in [-0.1, -0.05) is 77.3 Å². The van der Waals surface area contributed by atoms with Gasteiger partial charge < -0.3 is 24.5 Å². The molecule has 2 aliphatic heterocycles. The molecule has 41 heavy (non-hydrogen) atoms. The molecule has 3 fully saturated rings. The largest absolute Gasteiger partial charge is 0.445 e. The molecule has 2 saturated heterocycles. The van der Waals surface area contributed by atoms with E-state index in [1.165, 1.54) is 0 Å². The molecule has 2 aromatic carbocycles. The van der Waals surface area contributed by atoms with Crippen LogP contribution in [0, 0.1) is 11.8 Å². The molecule has 3 aliphatic rings. The molecule has 7 nitrogen and oxygen atoms in total. The lowest BCUT2D eigenvalue weighted by atomic mass is 9.83. The summed E-state index contributed by atoms with van der Waals surface area (Å²) in [5.74, 6) is 0.232. The van der Waals surface area contributed by atoms with Crippen LogP contribution in [0.1, 0.15) is 49.7 Å². The van der Waals surface area contributed by atoms with Crippen molar-refractivity contribution < 1.29 is 19.4 Å². The second kappa shape index (κ2) is 13.5. The number of hydrogen-bond acceptors (Lipinski definition) is 5. The SMILES string of the molecule is C=CCN(C(=O)OCc1ccc(Br)cc1)C1CCN(CC2CN(C(=O)C3CCCC3)CC2(O)c2ccccc2)CC1. The summed E-state index contributed by atoms with van der Waals surface area (Å²) in [6.07, 6.45) is 7.24. The number of amides is 2. The van der Waals surface area contributed by atoms with Gasteiger partial charge in [0.25, 0.3) is 0 Å². The van der Waals surface area contributed by atoms with Gasteiger partial charge in [-0.15, -0.1) is 6.58 Å². The monoisotopic (exact) mass is 623 g/mol. The molecule has 2 unspecified atom stereocenters. The summed E-state index contributed by atoms with van der Waals surface area (Å²) in [5.41, 5.74) is 0.753. The van der Waals surface area contributed by atoms with Crippen molar-refractivity contribution >= 4 is 27.9 Å². The zero-order chi connectivity index (χ0) is 28.8. The summed E-state index contributed by atoms with van der Waals surface area (Å²) in [6.45, 7) is 7.80. The van der Waals surface area contributed by atoms with Gasteiger partial charge in [0.1, 0.15) is 12.2 Å². The van der Waals surface area contributed by atoms with E-state index in [0.717, 1.165) is 67.2 Å². The summed E-state index contributed by atoms with van der Waals surface area (Å²) in [7, 11) is 0. The molecule has 220 valence electrons. The Morgan fingerprint density at radius 2 is 1.73 bits per heavy atom. The first-order chi connectivity index (χ1) is 19.9. The maximum atomic E-state index is 13.3. The summed E-state index contributed by atoms with van der Waals surface area (Å²) in [5, 5.41) is 12.1. The standard InChI is InChI=1S/C33H42BrN3O4/c1-2-18-37(32(39)41-23-25-12-14-29(34)15-13-25)30-16-19-35(20-17-30)21-28-22-36(31(38)26-8-6-7-9-26)24-33(28,40)27-10-4-3-5-11-27/h2-5,10-15,26,28,30,40H,1,6-9,16-24H2. The fraction of sp³-hybridized carbons (Fsp3) is 0.515. The third kappa shape index (κ3) is 7.04. The highest BCUT2D eigenvalue weighted by atomic mass is 79.9. The maximum Gasteiger partial charge on any atom is 0.410 e. The fourth-order valence-electron chi connectivity index (χ4n) is 6.81. The Morgan fingerprint density at radius 1 is 1.05 bits per heavy atom. The minimum Gasteiger partial charge on any atom is -0.445 e. The lowest BCUT2D eigenvalue weighted by Crippen LogP contribution is -2.50. The van der Waals surface area contributed by atoms with Crippen LogP contribution in [0.2, 0.25) is 0 Å². The van der Waals surface area contributed by atoms with Gasteiger partial charge in [0, 0.05) is 55.1 Å². The van der Waals surface area contributed by atoms with E-state index in [0.29, 0.717) is 26.2 Å². The molecule has 0 bridgehead atoms. The molecule has 8 heteroatoms. The number of piperidine rings is 1. The van der Waals surface area contributed by atoms with Crippen molar-refractivity contribution in [1.82, 2.24) is 14.7 Å². The maximum absolute atomic E-state index is 13.3. The number of likely N-dealkylation sites (tertiary alicyclic amines) is 2. The van der Waals surface area contributed by atoms with Crippen LogP contribution in [-0.2, 0) is 21.7 Å². The van der Waals surface area contributed by atoms with E-state index in [-0.39, 0.29) is 36.5 Å². The third-order valence-electron chi connectivity index (χ3n) is 9.15. The molecule has 1 aliphatic carbocycles. The second-order valence-corrected chi connectivity index (χ2v) is 12.8. The number of rotatable bonds is 9. The van der Waals surface area contributed by atoms with Crippen molar-refractivity contribution in [1.29, 1.82) is 0 Å². The lowest BCUT2D eigenvalue weighted by Gasteiger charge is -2.40. The average molecular weight is 625 g/mol. The van der Waals surface area contributed by atoms with Gasteiger partial charge in [-0.05, 0) is 48.9 Å². The second-order valence-electron chi connectivity index (χ2n) is 11.8. The number of hydrogen-bond donors (Lipinski definition) is 1. The van der Waals surface area contributed by atoms with E-state index in [4.69, 9.17) is 4.74 Å². The Hall–Kier alpha value is -2.68. The van der Waals surface area contributed by atoms with Gasteiger partial charge in [0.05, 0.1) is 6.54 Å². The normalized spacial score (nSPS) is 24.0. The number of carbonyl (C=O) groups excluding carboxylic acids is 2. The Morgan fingerprint density at radius 3 is 2.39 bits per heavy atom. The molecule has 2 atom stereocenters. The van der Waals surface area contributed by atoms with Crippen LogP contribution in [0.3, 0.4) is 0 Å². The van der Waals surface area contributed by atoms with Crippen molar-refractivity contribution in [2.75, 3.05) is 39.3 Å². The van der Waals surface area contributed by atoms with Crippen molar-refractivity contribution in [3.63, 3.8) is 0 Å². The van der Waals surface area contributed by atoms with Gasteiger partial charge in [-0.3, -0.25) is 4.79 Å². The van der Waals surface area contributed by atoms with E-state index >= 15 is 0 Å². The smallest absolute Gasteiger partial charge is 0.410 e. The van der Waals surface area contributed by atoms with Gasteiger partial charge in [0.15, 0.2) is 0 Å². The molecule has 0 radical (unpaired) electrons. The first kappa shape index (κ1) is 29.8. The van der Waals surface area contributed by atoms with E-state index < -0.39 is 5.60 Å². The van der Waals surface area contributed by atoms with Crippen LogP contribution < -0.4 is 0 Å². The predicted molar refractivity (Wildman–Crippen MR) is 163 cm³/mol. The van der Waals surface area contributed by atoms with Gasteiger partial charge in [0.2, 0.25) is 5.91 Å². The molecule has 2 amide bonds. The van der Waals surface area contributed by atoms with E-state index in [1.807, 2.05) is 59.5 Å². The molecule has 0 aromatic heterocycles. The fourth-order valence-corrected chi connectivity index (χ4v) is 7.07. The van der Waals surface area contributed by atoms with E-state index in [2.05, 4.69) is 27.4 Å². The highest BCUT2D eigenvalue weighted by Crippen LogP contribution is 2.40. The van der Waals surface area contributed by atoms with E-state index in [9.17, 15) is 14.7 Å². The number of benzene rings is 2. The molecule has 5 rings (SSSR count). The first-order valence-corrected chi connectivity index (χ1v) is 15.7. The average Bonchev–Trinajstić information content (AvgIpc) is 3.65. The van der Waals surface area contributed by atoms with Crippen molar-refractivity contribution in [3.8, 4) is 0 Å². The summed E-state index contributed by atoms with van der Waals surface area (Å²) in [6, 6.07) is 17.7. The number of halogens is 1. The Bertz CT molecular complexity index is 1180. The van der Waals surface area contributed by atoms with Crippen LogP contribution in [0.15, 0.2) is 71.7 Å². The molecule has 1 N–H and O–H groups in total. The van der Waals surface area contributed by atoms with Crippen molar-refractivity contribution in [2.24, 2.45) is 11.8 Å². The number of nitrogens with zero attached hydrogens (tertiary/aromatic N) is 3. The van der Waals surface area contributed by atoms with Gasteiger partial charge >= 0.3 is 6.09 Å². The highest BCUT2D eigenvalue weighted by molar-refractivity contribution is 9.10. The molecule has 1 saturated carbocycles. The van der Waals surface area contributed by atoms with Gasteiger partial charge in [-0.2, -0.15) is 0 Å².